The molecule has 37 heavy (non-hydrogen) atoms. The Hall–Kier alpha value is -3.46. The Morgan fingerprint density at radius 3 is 2.59 bits per heavy atom. The Morgan fingerprint density at radius 2 is 1.86 bits per heavy atom. The highest BCUT2D eigenvalue weighted by molar-refractivity contribution is 5.83. The minimum absolute atomic E-state index is 0.0740. The predicted molar refractivity (Wildman–Crippen MR) is 141 cm³/mol. The molecule has 2 aliphatic rings. The summed E-state index contributed by atoms with van der Waals surface area (Å²) in [5.74, 6) is -0.968. The molecule has 0 unspecified atom stereocenters. The molecule has 0 bridgehead atoms. The van der Waals surface area contributed by atoms with E-state index in [1.165, 1.54) is 5.56 Å². The number of aliphatic carboxylic acids is 1. The maximum atomic E-state index is 13.3. The lowest BCUT2D eigenvalue weighted by atomic mass is 9.87. The fourth-order valence-corrected chi connectivity index (χ4v) is 5.35. The summed E-state index contributed by atoms with van der Waals surface area (Å²) in [5, 5.41) is 18.4. The van der Waals surface area contributed by atoms with Crippen molar-refractivity contribution in [2.45, 2.75) is 44.6 Å². The van der Waals surface area contributed by atoms with Gasteiger partial charge in [-0.15, -0.1) is 0 Å². The average Bonchev–Trinajstić information content (AvgIpc) is 2.92. The van der Waals surface area contributed by atoms with E-state index in [0.29, 0.717) is 19.5 Å². The van der Waals surface area contributed by atoms with Crippen LogP contribution in [0.3, 0.4) is 0 Å². The van der Waals surface area contributed by atoms with Crippen LogP contribution in [0.4, 0.5) is 5.82 Å². The summed E-state index contributed by atoms with van der Waals surface area (Å²) in [4.78, 5) is 44.3. The molecule has 1 aromatic carbocycles. The molecule has 3 atom stereocenters. The van der Waals surface area contributed by atoms with Crippen molar-refractivity contribution in [1.82, 2.24) is 20.5 Å². The van der Waals surface area contributed by atoms with Gasteiger partial charge in [0.2, 0.25) is 11.8 Å². The monoisotopic (exact) mass is 507 g/mol. The Kier molecular flexibility index (Phi) is 9.11. The van der Waals surface area contributed by atoms with Crippen LogP contribution in [0.25, 0.3) is 0 Å². The van der Waals surface area contributed by atoms with Crippen LogP contribution in [0.2, 0.25) is 0 Å². The second-order valence-electron chi connectivity index (χ2n) is 10.0. The number of rotatable bonds is 10. The second kappa shape index (κ2) is 12.7. The van der Waals surface area contributed by atoms with E-state index in [0.717, 1.165) is 55.8 Å². The van der Waals surface area contributed by atoms with Gasteiger partial charge in [-0.25, -0.2) is 4.98 Å². The number of hydrogen-bond donors (Lipinski definition) is 4. The van der Waals surface area contributed by atoms with Crippen LogP contribution in [-0.2, 0) is 27.2 Å². The molecule has 9 heteroatoms. The van der Waals surface area contributed by atoms with Gasteiger partial charge in [0.05, 0.1) is 24.3 Å². The van der Waals surface area contributed by atoms with Gasteiger partial charge in [-0.2, -0.15) is 0 Å². The summed E-state index contributed by atoms with van der Waals surface area (Å²) in [5.41, 5.74) is 3.06. The lowest BCUT2D eigenvalue weighted by Crippen LogP contribution is -2.50. The third-order valence-electron chi connectivity index (χ3n) is 7.27. The second-order valence-corrected chi connectivity index (χ2v) is 10.0. The Bertz CT molecular complexity index is 1090. The molecule has 1 fully saturated rings. The van der Waals surface area contributed by atoms with Crippen LogP contribution in [0.5, 0.6) is 0 Å². The highest BCUT2D eigenvalue weighted by Gasteiger charge is 2.35. The standard InChI is InChI=1S/C28H37N5O4/c1-29-27(36)21-15-22(28(37)32-24(16-25(34)35)19-7-3-2-4-8-19)18-33(17-21)14-6-10-23-12-11-20-9-5-13-30-26(20)31-23/h2-4,7-8,11-12,21-22,24H,5-6,9-10,13-18H2,1H3,(H,29,36)(H,30,31)(H,32,37)(H,34,35)/t21-,22-,24-/m0/s1. The molecule has 198 valence electrons. The van der Waals surface area contributed by atoms with Gasteiger partial charge >= 0.3 is 5.97 Å². The van der Waals surface area contributed by atoms with E-state index in [-0.39, 0.29) is 24.2 Å². The third-order valence-corrected chi connectivity index (χ3v) is 7.27. The van der Waals surface area contributed by atoms with Crippen LogP contribution in [0.15, 0.2) is 42.5 Å². The van der Waals surface area contributed by atoms with Crippen LogP contribution >= 0.6 is 0 Å². The number of fused-ring (bicyclic) bond motifs is 1. The molecule has 2 aliphatic heterocycles. The summed E-state index contributed by atoms with van der Waals surface area (Å²) >= 11 is 0. The van der Waals surface area contributed by atoms with Gasteiger partial charge in [0.25, 0.3) is 0 Å². The van der Waals surface area contributed by atoms with Crippen LogP contribution in [0.1, 0.15) is 48.5 Å². The largest absolute Gasteiger partial charge is 0.481 e. The van der Waals surface area contributed by atoms with E-state index in [1.54, 1.807) is 7.05 Å². The van der Waals surface area contributed by atoms with E-state index in [4.69, 9.17) is 4.98 Å². The van der Waals surface area contributed by atoms with Gasteiger partial charge in [0.15, 0.2) is 0 Å². The third kappa shape index (κ3) is 7.29. The molecule has 2 aromatic rings. The number of carbonyl (C=O) groups is 3. The van der Waals surface area contributed by atoms with Crippen LogP contribution in [0, 0.1) is 11.8 Å². The quantitative estimate of drug-likeness (QED) is 0.389. The summed E-state index contributed by atoms with van der Waals surface area (Å²) in [6.45, 7) is 2.84. The zero-order valence-corrected chi connectivity index (χ0v) is 21.4. The summed E-state index contributed by atoms with van der Waals surface area (Å²) in [7, 11) is 1.62. The zero-order chi connectivity index (χ0) is 26.2. The number of benzene rings is 1. The Labute approximate surface area is 218 Å². The number of aryl methyl sites for hydroxylation is 2. The molecule has 0 aliphatic carbocycles. The Balaban J connectivity index is 1.38. The first-order chi connectivity index (χ1) is 17.9. The smallest absolute Gasteiger partial charge is 0.305 e. The number of carboxylic acid groups (broad SMARTS) is 1. The van der Waals surface area contributed by atoms with Crippen molar-refractivity contribution >= 4 is 23.6 Å². The number of pyridine rings is 1. The van der Waals surface area contributed by atoms with Gasteiger partial charge in [0.1, 0.15) is 5.82 Å². The summed E-state index contributed by atoms with van der Waals surface area (Å²) in [6.07, 6.45) is 4.12. The van der Waals surface area contributed by atoms with E-state index in [2.05, 4.69) is 33.0 Å². The molecule has 0 radical (unpaired) electrons. The number of nitrogens with one attached hydrogen (secondary N) is 3. The van der Waals surface area contributed by atoms with Gasteiger partial charge in [0, 0.05) is 32.4 Å². The van der Waals surface area contributed by atoms with Crippen LogP contribution in [-0.4, -0.2) is 66.0 Å². The van der Waals surface area contributed by atoms with Gasteiger partial charge in [-0.3, -0.25) is 14.4 Å². The summed E-state index contributed by atoms with van der Waals surface area (Å²) < 4.78 is 0. The van der Waals surface area contributed by atoms with Crippen LogP contribution < -0.4 is 16.0 Å². The first-order valence-electron chi connectivity index (χ1n) is 13.2. The van der Waals surface area contributed by atoms with E-state index >= 15 is 0 Å². The average molecular weight is 508 g/mol. The van der Waals surface area contributed by atoms with Crippen molar-refractivity contribution < 1.29 is 19.5 Å². The molecular formula is C28H37N5O4. The SMILES string of the molecule is CNC(=O)[C@H]1C[C@H](C(=O)N[C@@H](CC(=O)O)c2ccccc2)CN(CCCc2ccc3c(n2)NCCC3)C1. The van der Waals surface area contributed by atoms with E-state index in [1.807, 2.05) is 30.3 Å². The number of carboxylic acids is 1. The topological polar surface area (TPSA) is 124 Å². The number of amides is 2. The normalized spacial score (nSPS) is 20.2. The molecule has 9 nitrogen and oxygen atoms in total. The van der Waals surface area contributed by atoms with Crippen molar-refractivity contribution in [2.24, 2.45) is 11.8 Å². The lowest BCUT2D eigenvalue weighted by molar-refractivity contribution is -0.138. The molecular weight excluding hydrogens is 470 g/mol. The van der Waals surface area contributed by atoms with Crippen molar-refractivity contribution in [2.75, 3.05) is 38.5 Å². The molecule has 4 N–H and O–H groups in total. The first-order valence-corrected chi connectivity index (χ1v) is 13.2. The molecule has 2 amide bonds. The predicted octanol–water partition coefficient (Wildman–Crippen LogP) is 2.39. The van der Waals surface area contributed by atoms with E-state index < -0.39 is 17.9 Å². The fourth-order valence-electron chi connectivity index (χ4n) is 5.35. The number of likely N-dealkylation sites (tertiary alicyclic amines) is 1. The van der Waals surface area contributed by atoms with Gasteiger partial charge in [-0.1, -0.05) is 36.4 Å². The van der Waals surface area contributed by atoms with Crippen molar-refractivity contribution in [1.29, 1.82) is 0 Å². The maximum Gasteiger partial charge on any atom is 0.305 e. The molecule has 1 aromatic heterocycles. The Morgan fingerprint density at radius 1 is 1.11 bits per heavy atom. The highest BCUT2D eigenvalue weighted by Crippen LogP contribution is 2.26. The maximum absolute atomic E-state index is 13.3. The lowest BCUT2D eigenvalue weighted by Gasteiger charge is -2.37. The minimum atomic E-state index is -0.978. The molecule has 0 saturated carbocycles. The number of carbonyl (C=O) groups excluding carboxylic acids is 2. The number of hydrogen-bond acceptors (Lipinski definition) is 6. The summed E-state index contributed by atoms with van der Waals surface area (Å²) in [6, 6.07) is 12.8. The number of anilines is 1. The molecule has 0 spiro atoms. The number of nitrogens with zero attached hydrogens (tertiary/aromatic N) is 2. The van der Waals surface area contributed by atoms with E-state index in [9.17, 15) is 19.5 Å². The fraction of sp³-hybridized carbons (Fsp3) is 0.500. The van der Waals surface area contributed by atoms with Crippen molar-refractivity contribution in [3.05, 3.63) is 59.3 Å². The molecule has 4 rings (SSSR count). The number of aromatic nitrogens is 1. The zero-order valence-electron chi connectivity index (χ0n) is 21.4. The first kappa shape index (κ1) is 26.6. The van der Waals surface area contributed by atoms with Crippen molar-refractivity contribution in [3.63, 3.8) is 0 Å². The highest BCUT2D eigenvalue weighted by atomic mass is 16.4. The van der Waals surface area contributed by atoms with Crippen molar-refractivity contribution in [3.8, 4) is 0 Å². The van der Waals surface area contributed by atoms with Gasteiger partial charge < -0.3 is 26.0 Å². The minimum Gasteiger partial charge on any atom is -0.481 e. The molecule has 3 heterocycles. The van der Waals surface area contributed by atoms with Gasteiger partial charge in [-0.05, 0) is 55.8 Å². The molecule has 1 saturated heterocycles. The number of piperidine rings is 1.